The monoisotopic (exact) mass is 429 g/mol. The number of hydrogen-bond acceptors (Lipinski definition) is 4. The van der Waals surface area contributed by atoms with Gasteiger partial charge in [0.25, 0.3) is 5.91 Å². The molecule has 6 nitrogen and oxygen atoms in total. The van der Waals surface area contributed by atoms with Crippen molar-refractivity contribution in [1.29, 1.82) is 0 Å². The number of fused-ring (bicyclic) bond motifs is 1. The van der Waals surface area contributed by atoms with Gasteiger partial charge in [-0.3, -0.25) is 4.79 Å². The van der Waals surface area contributed by atoms with Crippen LogP contribution in [0.1, 0.15) is 33.6 Å². The summed E-state index contributed by atoms with van der Waals surface area (Å²) >= 11 is 0. The van der Waals surface area contributed by atoms with Crippen molar-refractivity contribution in [3.8, 4) is 5.69 Å². The molecule has 0 spiro atoms. The van der Waals surface area contributed by atoms with E-state index in [1.165, 1.54) is 16.8 Å². The summed E-state index contributed by atoms with van der Waals surface area (Å²) in [5.74, 6) is -0.0322. The summed E-state index contributed by atoms with van der Waals surface area (Å²) in [6, 6.07) is 16.8. The van der Waals surface area contributed by atoms with Crippen LogP contribution in [-0.2, 0) is 12.8 Å². The highest BCUT2D eigenvalue weighted by Gasteiger charge is 2.26. The summed E-state index contributed by atoms with van der Waals surface area (Å²) in [5.41, 5.74) is 6.66. The largest absolute Gasteiger partial charge is 0.369 e. The van der Waals surface area contributed by atoms with Crippen LogP contribution in [0.5, 0.6) is 0 Å². The SMILES string of the molecule is Cc1c(C(=O)N[C@@H]2CCc3cccc(N4CCN(C)CC4)c3C2)cnn1-c1ccccc1. The Balaban J connectivity index is 1.32. The topological polar surface area (TPSA) is 53.4 Å². The number of nitrogens with one attached hydrogen (secondary N) is 1. The second-order valence-corrected chi connectivity index (χ2v) is 9.01. The van der Waals surface area contributed by atoms with Gasteiger partial charge in [-0.15, -0.1) is 0 Å². The Bertz CT molecular complexity index is 1100. The minimum atomic E-state index is -0.0322. The highest BCUT2D eigenvalue weighted by atomic mass is 16.1. The first-order valence-electron chi connectivity index (χ1n) is 11.6. The van der Waals surface area contributed by atoms with E-state index < -0.39 is 0 Å². The summed E-state index contributed by atoms with van der Waals surface area (Å²) in [7, 11) is 2.19. The molecule has 2 aromatic carbocycles. The van der Waals surface area contributed by atoms with Gasteiger partial charge in [-0.2, -0.15) is 5.10 Å². The number of benzene rings is 2. The van der Waals surface area contributed by atoms with E-state index in [9.17, 15) is 4.79 Å². The van der Waals surface area contributed by atoms with Gasteiger partial charge in [0.05, 0.1) is 23.1 Å². The Labute approximate surface area is 189 Å². The number of likely N-dealkylation sites (N-methyl/N-ethyl adjacent to an activating group) is 1. The molecular formula is C26H31N5O. The summed E-state index contributed by atoms with van der Waals surface area (Å²) in [6.45, 7) is 6.25. The third-order valence-electron chi connectivity index (χ3n) is 6.90. The molecule has 32 heavy (non-hydrogen) atoms. The number of piperazine rings is 1. The average Bonchev–Trinajstić information content (AvgIpc) is 3.21. The lowest BCUT2D eigenvalue weighted by Crippen LogP contribution is -2.45. The number of rotatable bonds is 4. The average molecular weight is 430 g/mol. The molecule has 1 amide bonds. The lowest BCUT2D eigenvalue weighted by Gasteiger charge is -2.37. The van der Waals surface area contributed by atoms with Crippen LogP contribution in [0.25, 0.3) is 5.69 Å². The van der Waals surface area contributed by atoms with E-state index in [1.54, 1.807) is 6.20 Å². The van der Waals surface area contributed by atoms with Crippen molar-refractivity contribution >= 4 is 11.6 Å². The van der Waals surface area contributed by atoms with Gasteiger partial charge in [0.2, 0.25) is 0 Å². The van der Waals surface area contributed by atoms with Gasteiger partial charge in [0, 0.05) is 37.9 Å². The number of nitrogens with zero attached hydrogens (tertiary/aromatic N) is 4. The van der Waals surface area contributed by atoms with Gasteiger partial charge in [-0.25, -0.2) is 4.68 Å². The maximum atomic E-state index is 13.1. The second kappa shape index (κ2) is 8.79. The third kappa shape index (κ3) is 4.02. The van der Waals surface area contributed by atoms with Crippen molar-refractivity contribution < 1.29 is 4.79 Å². The number of hydrogen-bond donors (Lipinski definition) is 1. The summed E-state index contributed by atoms with van der Waals surface area (Å²) < 4.78 is 1.83. The zero-order valence-electron chi connectivity index (χ0n) is 18.9. The molecular weight excluding hydrogens is 398 g/mol. The second-order valence-electron chi connectivity index (χ2n) is 9.01. The van der Waals surface area contributed by atoms with E-state index in [0.29, 0.717) is 5.56 Å². The van der Waals surface area contributed by atoms with Crippen LogP contribution >= 0.6 is 0 Å². The molecule has 2 aliphatic rings. The minimum Gasteiger partial charge on any atom is -0.369 e. The van der Waals surface area contributed by atoms with Crippen LogP contribution in [0.4, 0.5) is 5.69 Å². The molecule has 5 rings (SSSR count). The fourth-order valence-corrected chi connectivity index (χ4v) is 4.96. The van der Waals surface area contributed by atoms with Crippen LogP contribution in [0.2, 0.25) is 0 Å². The van der Waals surface area contributed by atoms with Crippen molar-refractivity contribution in [2.24, 2.45) is 0 Å². The Morgan fingerprint density at radius 1 is 1.03 bits per heavy atom. The standard InChI is InChI=1S/C26H31N5O/c1-19-24(18-27-31(19)22-8-4-3-5-9-22)26(32)28-21-12-11-20-7-6-10-25(23(20)17-21)30-15-13-29(2)14-16-30/h3-10,18,21H,11-17H2,1-2H3,(H,28,32)/t21-/m1/s1. The number of aryl methyl sites for hydroxylation is 1. The molecule has 6 heteroatoms. The van der Waals surface area contributed by atoms with E-state index >= 15 is 0 Å². The van der Waals surface area contributed by atoms with Crippen molar-refractivity contribution in [2.75, 3.05) is 38.1 Å². The normalized spacial score (nSPS) is 18.9. The molecule has 1 atom stereocenters. The van der Waals surface area contributed by atoms with Gasteiger partial charge in [-0.1, -0.05) is 30.3 Å². The molecule has 1 aromatic heterocycles. The lowest BCUT2D eigenvalue weighted by molar-refractivity contribution is 0.0933. The van der Waals surface area contributed by atoms with Gasteiger partial charge < -0.3 is 15.1 Å². The van der Waals surface area contributed by atoms with Gasteiger partial charge >= 0.3 is 0 Å². The molecule has 1 saturated heterocycles. The maximum Gasteiger partial charge on any atom is 0.254 e. The van der Waals surface area contributed by atoms with E-state index in [0.717, 1.165) is 56.8 Å². The number of anilines is 1. The van der Waals surface area contributed by atoms with E-state index in [1.807, 2.05) is 41.9 Å². The molecule has 0 radical (unpaired) electrons. The molecule has 3 aromatic rings. The van der Waals surface area contributed by atoms with Gasteiger partial charge in [0.15, 0.2) is 0 Å². The molecule has 1 aliphatic carbocycles. The van der Waals surface area contributed by atoms with Crippen LogP contribution in [0, 0.1) is 6.92 Å². The molecule has 0 unspecified atom stereocenters. The van der Waals surface area contributed by atoms with Gasteiger partial charge in [-0.05, 0) is 62.6 Å². The first-order chi connectivity index (χ1) is 15.6. The fourth-order valence-electron chi connectivity index (χ4n) is 4.96. The van der Waals surface area contributed by atoms with Crippen molar-refractivity contribution in [1.82, 2.24) is 20.0 Å². The summed E-state index contributed by atoms with van der Waals surface area (Å²) in [4.78, 5) is 18.0. The van der Waals surface area contributed by atoms with Crippen LogP contribution < -0.4 is 10.2 Å². The number of carbonyl (C=O) groups excluding carboxylic acids is 1. The van der Waals surface area contributed by atoms with E-state index in [4.69, 9.17) is 0 Å². The quantitative estimate of drug-likeness (QED) is 0.692. The molecule has 1 aliphatic heterocycles. The minimum absolute atomic E-state index is 0.0322. The Morgan fingerprint density at radius 2 is 1.81 bits per heavy atom. The molecule has 0 saturated carbocycles. The van der Waals surface area contributed by atoms with Gasteiger partial charge in [0.1, 0.15) is 0 Å². The fraction of sp³-hybridized carbons (Fsp3) is 0.385. The lowest BCUT2D eigenvalue weighted by atomic mass is 9.86. The highest BCUT2D eigenvalue weighted by molar-refractivity contribution is 5.95. The van der Waals surface area contributed by atoms with E-state index in [2.05, 4.69) is 45.5 Å². The molecule has 1 N–H and O–H groups in total. The molecule has 2 heterocycles. The van der Waals surface area contributed by atoms with Crippen LogP contribution in [0.15, 0.2) is 54.7 Å². The maximum absolute atomic E-state index is 13.1. The Hall–Kier alpha value is -3.12. The molecule has 166 valence electrons. The number of carbonyl (C=O) groups is 1. The number of para-hydroxylation sites is 1. The summed E-state index contributed by atoms with van der Waals surface area (Å²) in [5, 5.41) is 7.76. The van der Waals surface area contributed by atoms with Crippen LogP contribution in [0.3, 0.4) is 0 Å². The predicted octanol–water partition coefficient (Wildman–Crippen LogP) is 3.22. The summed E-state index contributed by atoms with van der Waals surface area (Å²) in [6.07, 6.45) is 4.54. The van der Waals surface area contributed by atoms with E-state index in [-0.39, 0.29) is 11.9 Å². The predicted molar refractivity (Wildman–Crippen MR) is 128 cm³/mol. The number of amides is 1. The first kappa shape index (κ1) is 20.8. The third-order valence-corrected chi connectivity index (χ3v) is 6.90. The zero-order chi connectivity index (χ0) is 22.1. The van der Waals surface area contributed by atoms with Crippen molar-refractivity contribution in [3.63, 3.8) is 0 Å². The molecule has 1 fully saturated rings. The van der Waals surface area contributed by atoms with Crippen LogP contribution in [-0.4, -0.2) is 59.9 Å². The van der Waals surface area contributed by atoms with Crippen molar-refractivity contribution in [2.45, 2.75) is 32.2 Å². The highest BCUT2D eigenvalue weighted by Crippen LogP contribution is 2.31. The smallest absolute Gasteiger partial charge is 0.254 e. The first-order valence-corrected chi connectivity index (χ1v) is 11.6. The Morgan fingerprint density at radius 3 is 2.59 bits per heavy atom. The number of aromatic nitrogens is 2. The zero-order valence-corrected chi connectivity index (χ0v) is 18.9. The Kier molecular flexibility index (Phi) is 5.70. The molecule has 0 bridgehead atoms. The van der Waals surface area contributed by atoms with Crippen molar-refractivity contribution in [3.05, 3.63) is 77.1 Å².